The number of guanidine groups is 1. The maximum Gasteiger partial charge on any atom is 0.191 e. The number of methoxy groups -OCH3 is 1. The molecule has 1 saturated heterocycles. The molecule has 2 heterocycles. The predicted octanol–water partition coefficient (Wildman–Crippen LogP) is 3.53. The van der Waals surface area contributed by atoms with Crippen LogP contribution in [0.4, 0.5) is 0 Å². The fraction of sp³-hybridized carbons (Fsp3) is 0.583. The summed E-state index contributed by atoms with van der Waals surface area (Å²) >= 11 is 0. The second-order valence-electron chi connectivity index (χ2n) is 8.11. The molecular formula is C24H36N4O3. The van der Waals surface area contributed by atoms with Gasteiger partial charge in [0.25, 0.3) is 0 Å². The number of aliphatic imine (C=N–C) groups is 1. The van der Waals surface area contributed by atoms with Crippen LogP contribution < -0.4 is 15.4 Å². The maximum atomic E-state index is 5.73. The summed E-state index contributed by atoms with van der Waals surface area (Å²) in [5.41, 5.74) is 4.53. The number of benzene rings is 1. The van der Waals surface area contributed by atoms with Gasteiger partial charge in [-0.2, -0.15) is 0 Å². The van der Waals surface area contributed by atoms with Crippen molar-refractivity contribution in [3.05, 3.63) is 46.3 Å². The van der Waals surface area contributed by atoms with E-state index in [1.165, 1.54) is 11.1 Å². The molecule has 0 spiro atoms. The van der Waals surface area contributed by atoms with Crippen molar-refractivity contribution in [3.8, 4) is 5.75 Å². The normalized spacial score (nSPS) is 16.2. The Kier molecular flexibility index (Phi) is 7.96. The lowest BCUT2D eigenvalue weighted by Crippen LogP contribution is -2.48. The number of aryl methyl sites for hydroxylation is 3. The van der Waals surface area contributed by atoms with Gasteiger partial charge in [0.05, 0.1) is 12.8 Å². The molecule has 0 atom stereocenters. The summed E-state index contributed by atoms with van der Waals surface area (Å²) in [6.45, 7) is 9.18. The molecule has 1 aliphatic rings. The van der Waals surface area contributed by atoms with E-state index in [0.29, 0.717) is 6.54 Å². The summed E-state index contributed by atoms with van der Waals surface area (Å²) in [4.78, 5) is 4.45. The summed E-state index contributed by atoms with van der Waals surface area (Å²) in [5, 5.41) is 11.2. The van der Waals surface area contributed by atoms with E-state index in [1.807, 2.05) is 0 Å². The number of nitrogens with zero attached hydrogens (tertiary/aromatic N) is 2. The van der Waals surface area contributed by atoms with Gasteiger partial charge in [0.1, 0.15) is 11.5 Å². The van der Waals surface area contributed by atoms with Gasteiger partial charge in [-0.1, -0.05) is 36.7 Å². The van der Waals surface area contributed by atoms with E-state index in [9.17, 15) is 0 Å². The molecule has 7 heteroatoms. The van der Waals surface area contributed by atoms with Crippen molar-refractivity contribution >= 4 is 5.96 Å². The lowest BCUT2D eigenvalue weighted by atomic mass is 9.73. The molecule has 2 N–H and O–H groups in total. The van der Waals surface area contributed by atoms with Crippen molar-refractivity contribution in [2.75, 3.05) is 33.9 Å². The van der Waals surface area contributed by atoms with Crippen LogP contribution in [0.1, 0.15) is 54.8 Å². The van der Waals surface area contributed by atoms with Gasteiger partial charge in [0.2, 0.25) is 0 Å². The number of hydrogen-bond acceptors (Lipinski definition) is 5. The SMILES string of the molecule is CCc1noc(CC)c1CNC(=NC)NCC1(c2cc(C)ccc2OC)CCOCC1. The third kappa shape index (κ3) is 5.21. The first kappa shape index (κ1) is 23.1. The molecule has 0 saturated carbocycles. The van der Waals surface area contributed by atoms with Crippen LogP contribution in [0.2, 0.25) is 0 Å². The number of nitrogens with one attached hydrogen (secondary N) is 2. The maximum absolute atomic E-state index is 5.73. The molecule has 1 fully saturated rings. The Bertz CT molecular complexity index is 863. The number of aromatic nitrogens is 1. The number of rotatable bonds is 8. The van der Waals surface area contributed by atoms with E-state index < -0.39 is 0 Å². The van der Waals surface area contributed by atoms with E-state index >= 15 is 0 Å². The second kappa shape index (κ2) is 10.7. The fourth-order valence-electron chi connectivity index (χ4n) is 4.32. The van der Waals surface area contributed by atoms with Gasteiger partial charge in [-0.25, -0.2) is 0 Å². The lowest BCUT2D eigenvalue weighted by Gasteiger charge is -2.39. The zero-order valence-corrected chi connectivity index (χ0v) is 19.5. The van der Waals surface area contributed by atoms with Crippen molar-refractivity contribution in [3.63, 3.8) is 0 Å². The summed E-state index contributed by atoms with van der Waals surface area (Å²) in [5.74, 6) is 2.63. The highest BCUT2D eigenvalue weighted by molar-refractivity contribution is 5.79. The molecule has 0 radical (unpaired) electrons. The molecule has 0 bridgehead atoms. The average Bonchev–Trinajstić information content (AvgIpc) is 3.21. The molecule has 31 heavy (non-hydrogen) atoms. The highest BCUT2D eigenvalue weighted by atomic mass is 16.5. The molecule has 170 valence electrons. The van der Waals surface area contributed by atoms with Crippen molar-refractivity contribution < 1.29 is 14.0 Å². The smallest absolute Gasteiger partial charge is 0.191 e. The molecule has 2 aromatic rings. The zero-order chi connectivity index (χ0) is 22.3. The Hall–Kier alpha value is -2.54. The fourth-order valence-corrected chi connectivity index (χ4v) is 4.32. The van der Waals surface area contributed by atoms with Gasteiger partial charge < -0.3 is 24.6 Å². The van der Waals surface area contributed by atoms with Gasteiger partial charge in [-0.15, -0.1) is 0 Å². The Morgan fingerprint density at radius 1 is 1.19 bits per heavy atom. The van der Waals surface area contributed by atoms with Crippen LogP contribution in [0, 0.1) is 6.92 Å². The van der Waals surface area contributed by atoms with Crippen LogP contribution in [0.3, 0.4) is 0 Å². The van der Waals surface area contributed by atoms with Crippen LogP contribution in [-0.2, 0) is 29.5 Å². The first-order valence-corrected chi connectivity index (χ1v) is 11.2. The van der Waals surface area contributed by atoms with Crippen LogP contribution in [0.25, 0.3) is 0 Å². The average molecular weight is 429 g/mol. The molecule has 3 rings (SSSR count). The first-order chi connectivity index (χ1) is 15.1. The highest BCUT2D eigenvalue weighted by Crippen LogP contribution is 2.40. The Balaban J connectivity index is 1.76. The van der Waals surface area contributed by atoms with Gasteiger partial charge in [0, 0.05) is 56.3 Å². The standard InChI is InChI=1S/C24H36N4O3/c1-6-20-18(21(7-2)31-28-20)15-26-23(25-4)27-16-24(10-12-30-13-11-24)19-14-17(3)8-9-22(19)29-5/h8-9,14H,6-7,10-13,15-16H2,1-5H3,(H2,25,26,27). The largest absolute Gasteiger partial charge is 0.496 e. The summed E-state index contributed by atoms with van der Waals surface area (Å²) in [6, 6.07) is 6.42. The van der Waals surface area contributed by atoms with Crippen molar-refractivity contribution in [1.82, 2.24) is 15.8 Å². The molecule has 1 aliphatic heterocycles. The van der Waals surface area contributed by atoms with Gasteiger partial charge >= 0.3 is 0 Å². The van der Waals surface area contributed by atoms with Crippen LogP contribution in [-0.4, -0.2) is 45.0 Å². The highest BCUT2D eigenvalue weighted by Gasteiger charge is 2.37. The quantitative estimate of drug-likeness (QED) is 0.495. The van der Waals surface area contributed by atoms with Crippen molar-refractivity contribution in [1.29, 1.82) is 0 Å². The van der Waals surface area contributed by atoms with Crippen LogP contribution >= 0.6 is 0 Å². The minimum atomic E-state index is -0.0758. The van der Waals surface area contributed by atoms with Crippen LogP contribution in [0.15, 0.2) is 27.7 Å². The van der Waals surface area contributed by atoms with E-state index in [0.717, 1.165) is 74.2 Å². The summed E-state index contributed by atoms with van der Waals surface area (Å²) in [6.07, 6.45) is 3.54. The monoisotopic (exact) mass is 428 g/mol. The molecule has 7 nitrogen and oxygen atoms in total. The third-order valence-electron chi connectivity index (χ3n) is 6.23. The molecule has 1 aromatic heterocycles. The molecule has 0 aliphatic carbocycles. The van der Waals surface area contributed by atoms with Crippen molar-refractivity contribution in [2.24, 2.45) is 4.99 Å². The Labute approximate surface area is 185 Å². The van der Waals surface area contributed by atoms with Gasteiger partial charge in [-0.3, -0.25) is 4.99 Å². The molecular weight excluding hydrogens is 392 g/mol. The third-order valence-corrected chi connectivity index (χ3v) is 6.23. The van der Waals surface area contributed by atoms with E-state index in [2.05, 4.69) is 59.8 Å². The van der Waals surface area contributed by atoms with Gasteiger partial charge in [-0.05, 0) is 32.3 Å². The molecule has 0 amide bonds. The zero-order valence-electron chi connectivity index (χ0n) is 19.5. The Morgan fingerprint density at radius 3 is 2.61 bits per heavy atom. The molecule has 0 unspecified atom stereocenters. The van der Waals surface area contributed by atoms with Crippen molar-refractivity contribution in [2.45, 2.75) is 58.4 Å². The lowest BCUT2D eigenvalue weighted by molar-refractivity contribution is 0.0505. The predicted molar refractivity (Wildman–Crippen MR) is 123 cm³/mol. The minimum Gasteiger partial charge on any atom is -0.496 e. The number of ether oxygens (including phenoxy) is 2. The van der Waals surface area contributed by atoms with E-state index in [1.54, 1.807) is 14.2 Å². The minimum absolute atomic E-state index is 0.0758. The topological polar surface area (TPSA) is 80.9 Å². The summed E-state index contributed by atoms with van der Waals surface area (Å²) in [7, 11) is 3.54. The molecule has 1 aromatic carbocycles. The summed E-state index contributed by atoms with van der Waals surface area (Å²) < 4.78 is 16.9. The van der Waals surface area contributed by atoms with Crippen LogP contribution in [0.5, 0.6) is 5.75 Å². The van der Waals surface area contributed by atoms with E-state index in [4.69, 9.17) is 14.0 Å². The second-order valence-corrected chi connectivity index (χ2v) is 8.11. The van der Waals surface area contributed by atoms with Gasteiger partial charge in [0.15, 0.2) is 5.96 Å². The van der Waals surface area contributed by atoms with E-state index in [-0.39, 0.29) is 5.41 Å². The Morgan fingerprint density at radius 2 is 1.97 bits per heavy atom. The number of hydrogen-bond donors (Lipinski definition) is 2. The first-order valence-electron chi connectivity index (χ1n) is 11.2.